The van der Waals surface area contributed by atoms with Crippen molar-refractivity contribution in [3.63, 3.8) is 0 Å². The number of unbranched alkanes of at least 4 members (excludes halogenated alkanes) is 1. The smallest absolute Gasteiger partial charge is 0.408 e. The van der Waals surface area contributed by atoms with E-state index in [2.05, 4.69) is 30.7 Å². The van der Waals surface area contributed by atoms with Crippen molar-refractivity contribution in [1.82, 2.24) is 30.3 Å². The predicted octanol–water partition coefficient (Wildman–Crippen LogP) is 3.69. The highest BCUT2D eigenvalue weighted by atomic mass is 16.4. The first-order chi connectivity index (χ1) is 16.6. The second-order valence-electron chi connectivity index (χ2n) is 9.09. The van der Waals surface area contributed by atoms with E-state index in [0.29, 0.717) is 18.4 Å². The van der Waals surface area contributed by atoms with Crippen molar-refractivity contribution in [2.45, 2.75) is 59.0 Å². The molecule has 3 aromatic heterocycles. The fraction of sp³-hybridized carbons (Fsp3) is 0.435. The summed E-state index contributed by atoms with van der Waals surface area (Å²) in [5, 5.41) is 27.2. The standard InChI is InChI=1S/C23H29N7O5/c1-5-6-9-15(17(31)19(32)26-16-10-12-25-27-16)30(22(33)34)18(23(2,3)4)21-29-28-20(35-21)14-8-7-11-24-13-14/h7-8,10-13,15,18H,5-6,9H2,1-4H3,(H,33,34)(H2,25,26,27,32)/t15-,18-/m0/s1. The van der Waals surface area contributed by atoms with E-state index in [9.17, 15) is 19.5 Å². The Balaban J connectivity index is 2.01. The van der Waals surface area contributed by atoms with Gasteiger partial charge in [-0.15, -0.1) is 10.2 Å². The molecule has 0 fully saturated rings. The normalized spacial score (nSPS) is 13.1. The van der Waals surface area contributed by atoms with Crippen molar-refractivity contribution >= 4 is 23.6 Å². The number of carbonyl (C=O) groups is 3. The van der Waals surface area contributed by atoms with Crippen LogP contribution in [0.3, 0.4) is 0 Å². The van der Waals surface area contributed by atoms with Gasteiger partial charge in [0.2, 0.25) is 17.6 Å². The molecule has 2 amide bonds. The summed E-state index contributed by atoms with van der Waals surface area (Å²) in [6.07, 6.45) is 4.56. The maximum absolute atomic E-state index is 13.3. The van der Waals surface area contributed by atoms with E-state index in [-0.39, 0.29) is 24.0 Å². The lowest BCUT2D eigenvalue weighted by molar-refractivity contribution is -0.139. The van der Waals surface area contributed by atoms with Gasteiger partial charge in [-0.25, -0.2) is 4.79 Å². The maximum atomic E-state index is 13.3. The first-order valence-electron chi connectivity index (χ1n) is 11.2. The number of Topliss-reactive ketones (excluding diaryl/α,β-unsaturated/α-hetero) is 1. The molecule has 3 aromatic rings. The highest BCUT2D eigenvalue weighted by molar-refractivity contribution is 6.42. The average molecular weight is 484 g/mol. The Morgan fingerprint density at radius 3 is 2.54 bits per heavy atom. The van der Waals surface area contributed by atoms with E-state index in [1.165, 1.54) is 12.3 Å². The summed E-state index contributed by atoms with van der Waals surface area (Å²) in [6, 6.07) is 2.65. The van der Waals surface area contributed by atoms with E-state index in [1.54, 1.807) is 45.3 Å². The molecule has 0 bridgehead atoms. The number of anilines is 1. The molecule has 0 aliphatic carbocycles. The van der Waals surface area contributed by atoms with Crippen LogP contribution in [0.15, 0.2) is 41.2 Å². The minimum Gasteiger partial charge on any atom is -0.465 e. The number of carbonyl (C=O) groups excluding carboxylic acids is 2. The van der Waals surface area contributed by atoms with Crippen LogP contribution >= 0.6 is 0 Å². The Kier molecular flexibility index (Phi) is 7.94. The molecule has 12 nitrogen and oxygen atoms in total. The number of aromatic amines is 1. The maximum Gasteiger partial charge on any atom is 0.408 e. The van der Waals surface area contributed by atoms with E-state index in [4.69, 9.17) is 4.42 Å². The number of hydrogen-bond donors (Lipinski definition) is 3. The topological polar surface area (TPSA) is 167 Å². The molecule has 0 aliphatic rings. The zero-order valence-corrected chi connectivity index (χ0v) is 20.1. The Hall–Kier alpha value is -4.09. The number of ketones is 1. The predicted molar refractivity (Wildman–Crippen MR) is 125 cm³/mol. The molecule has 3 heterocycles. The van der Waals surface area contributed by atoms with Crippen molar-refractivity contribution in [3.05, 3.63) is 42.7 Å². The van der Waals surface area contributed by atoms with Crippen LogP contribution in [0.5, 0.6) is 0 Å². The first kappa shape index (κ1) is 25.5. The number of rotatable bonds is 10. The van der Waals surface area contributed by atoms with E-state index >= 15 is 0 Å². The summed E-state index contributed by atoms with van der Waals surface area (Å²) >= 11 is 0. The van der Waals surface area contributed by atoms with Gasteiger partial charge < -0.3 is 14.8 Å². The van der Waals surface area contributed by atoms with E-state index in [0.717, 1.165) is 4.90 Å². The molecule has 12 heteroatoms. The zero-order chi connectivity index (χ0) is 25.6. The molecule has 0 spiro atoms. The molecule has 0 saturated carbocycles. The van der Waals surface area contributed by atoms with Crippen molar-refractivity contribution in [1.29, 1.82) is 0 Å². The molecular formula is C23H29N7O5. The number of aromatic nitrogens is 5. The van der Waals surface area contributed by atoms with Crippen molar-refractivity contribution in [3.8, 4) is 11.5 Å². The first-order valence-corrected chi connectivity index (χ1v) is 11.2. The number of nitrogens with one attached hydrogen (secondary N) is 2. The van der Waals surface area contributed by atoms with Gasteiger partial charge in [-0.3, -0.25) is 24.6 Å². The SMILES string of the molecule is CCCC[C@@H](C(=O)C(=O)Nc1ccn[nH]1)N(C(=O)O)[C@@H](c1nnc(-c2cccnc2)o1)C(C)(C)C. The zero-order valence-electron chi connectivity index (χ0n) is 20.1. The third-order valence-electron chi connectivity index (χ3n) is 5.34. The highest BCUT2D eigenvalue weighted by Crippen LogP contribution is 2.40. The van der Waals surface area contributed by atoms with Crippen LogP contribution in [-0.4, -0.2) is 59.2 Å². The third-order valence-corrected chi connectivity index (χ3v) is 5.34. The quantitative estimate of drug-likeness (QED) is 0.364. The van der Waals surface area contributed by atoms with Gasteiger partial charge in [0.25, 0.3) is 5.91 Å². The van der Waals surface area contributed by atoms with Gasteiger partial charge in [0, 0.05) is 18.5 Å². The Morgan fingerprint density at radius 2 is 1.97 bits per heavy atom. The Morgan fingerprint density at radius 1 is 1.20 bits per heavy atom. The van der Waals surface area contributed by atoms with Gasteiger partial charge in [-0.2, -0.15) is 5.10 Å². The van der Waals surface area contributed by atoms with Crippen LogP contribution in [0, 0.1) is 5.41 Å². The number of hydrogen-bond acceptors (Lipinski definition) is 8. The molecule has 3 rings (SSSR count). The highest BCUT2D eigenvalue weighted by Gasteiger charge is 2.45. The molecule has 3 N–H and O–H groups in total. The molecule has 0 aliphatic heterocycles. The minimum atomic E-state index is -1.38. The molecule has 2 atom stereocenters. The van der Waals surface area contributed by atoms with Crippen LogP contribution in [-0.2, 0) is 9.59 Å². The van der Waals surface area contributed by atoms with Crippen molar-refractivity contribution in [2.75, 3.05) is 5.32 Å². The lowest BCUT2D eigenvalue weighted by Crippen LogP contribution is -2.52. The Bertz CT molecular complexity index is 1140. The van der Waals surface area contributed by atoms with Crippen LogP contribution in [0.2, 0.25) is 0 Å². The number of amides is 2. The van der Waals surface area contributed by atoms with Gasteiger partial charge in [-0.1, -0.05) is 40.5 Å². The molecule has 0 radical (unpaired) electrons. The fourth-order valence-electron chi connectivity index (χ4n) is 3.74. The lowest BCUT2D eigenvalue weighted by Gasteiger charge is -2.39. The number of carboxylic acid groups (broad SMARTS) is 1. The second-order valence-corrected chi connectivity index (χ2v) is 9.09. The monoisotopic (exact) mass is 483 g/mol. The molecule has 0 aromatic carbocycles. The molecular weight excluding hydrogens is 454 g/mol. The van der Waals surface area contributed by atoms with Crippen LogP contribution in [0.4, 0.5) is 10.6 Å². The summed E-state index contributed by atoms with van der Waals surface area (Å²) < 4.78 is 5.88. The number of H-pyrrole nitrogens is 1. The van der Waals surface area contributed by atoms with Crippen molar-refractivity contribution in [2.24, 2.45) is 5.41 Å². The summed E-state index contributed by atoms with van der Waals surface area (Å²) in [6.45, 7) is 7.31. The average Bonchev–Trinajstić information content (AvgIpc) is 3.50. The molecule has 186 valence electrons. The number of pyridine rings is 1. The van der Waals surface area contributed by atoms with E-state index in [1.807, 2.05) is 6.92 Å². The number of nitrogens with zero attached hydrogens (tertiary/aromatic N) is 5. The van der Waals surface area contributed by atoms with Gasteiger partial charge >= 0.3 is 6.09 Å². The van der Waals surface area contributed by atoms with Crippen LogP contribution in [0.1, 0.15) is 58.9 Å². The van der Waals surface area contributed by atoms with Crippen molar-refractivity contribution < 1.29 is 23.9 Å². The molecule has 0 unspecified atom stereocenters. The minimum absolute atomic E-state index is 0.0158. The van der Waals surface area contributed by atoms with E-state index < -0.39 is 35.3 Å². The van der Waals surface area contributed by atoms with Gasteiger partial charge in [0.1, 0.15) is 17.9 Å². The van der Waals surface area contributed by atoms with Gasteiger partial charge in [0.05, 0.1) is 11.8 Å². The summed E-state index contributed by atoms with van der Waals surface area (Å²) in [4.78, 5) is 43.6. The van der Waals surface area contributed by atoms with Crippen LogP contribution < -0.4 is 5.32 Å². The van der Waals surface area contributed by atoms with Gasteiger partial charge in [0.15, 0.2) is 0 Å². The lowest BCUT2D eigenvalue weighted by atomic mass is 9.84. The Labute approximate surface area is 202 Å². The fourth-order valence-corrected chi connectivity index (χ4v) is 3.74. The summed E-state index contributed by atoms with van der Waals surface area (Å²) in [5.41, 5.74) is -0.194. The second kappa shape index (κ2) is 10.9. The third kappa shape index (κ3) is 6.08. The summed E-state index contributed by atoms with van der Waals surface area (Å²) in [7, 11) is 0. The molecule has 0 saturated heterocycles. The molecule has 35 heavy (non-hydrogen) atoms. The van der Waals surface area contributed by atoms with Gasteiger partial charge in [-0.05, 0) is 24.0 Å². The summed E-state index contributed by atoms with van der Waals surface area (Å²) in [5.74, 6) is -1.43. The van der Waals surface area contributed by atoms with Crippen LogP contribution in [0.25, 0.3) is 11.5 Å². The largest absolute Gasteiger partial charge is 0.465 e.